The van der Waals surface area contributed by atoms with Gasteiger partial charge in [-0.15, -0.1) is 0 Å². The van der Waals surface area contributed by atoms with Gasteiger partial charge in [0.05, 0.1) is 25.4 Å². The molecule has 0 bridgehead atoms. The van der Waals surface area contributed by atoms with E-state index >= 15 is 0 Å². The van der Waals surface area contributed by atoms with E-state index in [1.807, 2.05) is 6.08 Å². The number of hydrogen-bond acceptors (Lipinski definition) is 5. The molecule has 0 heterocycles. The Balaban J connectivity index is 3.42. The molecule has 2 unspecified atom stereocenters. The number of nitrogens with one attached hydrogen (secondary N) is 1. The summed E-state index contributed by atoms with van der Waals surface area (Å²) in [6.45, 7) is 4.95. The lowest BCUT2D eigenvalue weighted by molar-refractivity contribution is -0.143. The van der Waals surface area contributed by atoms with Crippen molar-refractivity contribution in [3.8, 4) is 0 Å². The molecule has 0 saturated carbocycles. The summed E-state index contributed by atoms with van der Waals surface area (Å²) in [6, 6.07) is -0.634. The maximum absolute atomic E-state index is 12.5. The van der Waals surface area contributed by atoms with Crippen molar-refractivity contribution < 1.29 is 24.5 Å². The van der Waals surface area contributed by atoms with Crippen LogP contribution < -0.4 is 5.32 Å². The van der Waals surface area contributed by atoms with Crippen molar-refractivity contribution in [3.63, 3.8) is 0 Å². The smallest absolute Gasteiger partial charge is 0.305 e. The topological polar surface area (TPSA) is 95.9 Å². The van der Waals surface area contributed by atoms with Crippen LogP contribution in [0.1, 0.15) is 418 Å². The van der Waals surface area contributed by atoms with Gasteiger partial charge < -0.3 is 20.3 Å². The predicted molar refractivity (Wildman–Crippen MR) is 356 cm³/mol. The van der Waals surface area contributed by atoms with E-state index in [4.69, 9.17) is 4.74 Å². The summed E-state index contributed by atoms with van der Waals surface area (Å²) in [5.41, 5.74) is 0. The molecule has 0 aromatic heterocycles. The van der Waals surface area contributed by atoms with E-state index in [0.29, 0.717) is 19.4 Å². The molecule has 1 amide bonds. The van der Waals surface area contributed by atoms with Crippen molar-refractivity contribution in [1.82, 2.24) is 5.32 Å². The lowest BCUT2D eigenvalue weighted by atomic mass is 10.0. The second kappa shape index (κ2) is 70.8. The highest BCUT2D eigenvalue weighted by atomic mass is 16.5. The fourth-order valence-corrected chi connectivity index (χ4v) is 11.8. The second-order valence-electron chi connectivity index (χ2n) is 25.6. The van der Waals surface area contributed by atoms with E-state index in [0.717, 1.165) is 44.9 Å². The van der Waals surface area contributed by atoms with Crippen LogP contribution in [-0.4, -0.2) is 47.4 Å². The predicted octanol–water partition coefficient (Wildman–Crippen LogP) is 24.1. The van der Waals surface area contributed by atoms with Gasteiger partial charge in [-0.1, -0.05) is 372 Å². The summed E-state index contributed by atoms with van der Waals surface area (Å²) in [5.74, 6) is -0.0536. The summed E-state index contributed by atoms with van der Waals surface area (Å²) in [5, 5.41) is 23.3. The summed E-state index contributed by atoms with van der Waals surface area (Å²) < 4.78 is 5.51. The van der Waals surface area contributed by atoms with E-state index in [9.17, 15) is 19.8 Å². The van der Waals surface area contributed by atoms with Gasteiger partial charge in [0.2, 0.25) is 5.91 Å². The molecule has 81 heavy (non-hydrogen) atoms. The van der Waals surface area contributed by atoms with Gasteiger partial charge in [-0.05, 0) is 57.8 Å². The quantitative estimate of drug-likeness (QED) is 0.0320. The molecule has 0 aromatic carbocycles. The molecule has 0 saturated heterocycles. The van der Waals surface area contributed by atoms with E-state index in [1.54, 1.807) is 6.08 Å². The third kappa shape index (κ3) is 67.3. The number of esters is 1. The number of allylic oxidation sites excluding steroid dienone is 3. The highest BCUT2D eigenvalue weighted by molar-refractivity contribution is 5.76. The van der Waals surface area contributed by atoms with Crippen LogP contribution in [0.3, 0.4) is 0 Å². The highest BCUT2D eigenvalue weighted by Gasteiger charge is 2.18. The van der Waals surface area contributed by atoms with Gasteiger partial charge in [-0.3, -0.25) is 9.59 Å². The molecule has 0 aliphatic carbocycles. The first-order chi connectivity index (χ1) is 40.0. The molecular formula is C75H145NO5. The minimum atomic E-state index is -0.850. The van der Waals surface area contributed by atoms with Crippen molar-refractivity contribution in [1.29, 1.82) is 0 Å². The fourth-order valence-electron chi connectivity index (χ4n) is 11.8. The van der Waals surface area contributed by atoms with Crippen molar-refractivity contribution in [2.24, 2.45) is 0 Å². The molecule has 480 valence electrons. The standard InChI is InChI=1S/C75H145NO5/c1-3-5-7-9-11-13-15-17-19-21-22-23-24-26-29-32-36-39-43-47-51-55-59-63-67-73(78)72(71-77)76-74(79)68-64-60-56-52-48-44-40-37-33-30-27-25-28-31-34-38-42-46-50-54-58-62-66-70-81-75(80)69-65-61-57-53-49-45-41-35-20-18-16-14-12-10-8-6-4-2/h30,33,63,67,72-73,77-78H,3-29,31-32,34-62,64-66,68-71H2,1-2H3,(H,76,79)/b33-30-,67-63+. The van der Waals surface area contributed by atoms with Crippen LogP contribution in [0.2, 0.25) is 0 Å². The second-order valence-corrected chi connectivity index (χ2v) is 25.6. The molecule has 0 rings (SSSR count). The maximum atomic E-state index is 12.5. The number of carbonyl (C=O) groups is 2. The van der Waals surface area contributed by atoms with Gasteiger partial charge in [-0.2, -0.15) is 0 Å². The SMILES string of the molecule is CCCCCCCCCCCCCCCCCCCCCCCC/C=C/C(O)C(CO)NC(=O)CCCCCCCCC/C=C\CCCCCCCCCCCCCCOC(=O)CCCCCCCCCCCCCCCCCCC. The zero-order valence-electron chi connectivity index (χ0n) is 55.0. The minimum Gasteiger partial charge on any atom is -0.466 e. The third-order valence-electron chi connectivity index (χ3n) is 17.5. The summed E-state index contributed by atoms with van der Waals surface area (Å²) in [6.07, 6.45) is 89.8. The minimum absolute atomic E-state index is 0.0160. The van der Waals surface area contributed by atoms with Crippen LogP contribution in [0.25, 0.3) is 0 Å². The monoisotopic (exact) mass is 1140 g/mol. The molecule has 0 aliphatic rings. The molecule has 2 atom stereocenters. The van der Waals surface area contributed by atoms with E-state index in [-0.39, 0.29) is 18.5 Å². The lowest BCUT2D eigenvalue weighted by Gasteiger charge is -2.20. The van der Waals surface area contributed by atoms with Crippen LogP contribution >= 0.6 is 0 Å². The summed E-state index contributed by atoms with van der Waals surface area (Å²) >= 11 is 0. The van der Waals surface area contributed by atoms with Crippen LogP contribution in [0.4, 0.5) is 0 Å². The molecule has 0 aliphatic heterocycles. The molecule has 3 N–H and O–H groups in total. The molecular weight excluding hydrogens is 995 g/mol. The number of amides is 1. The van der Waals surface area contributed by atoms with E-state index < -0.39 is 12.1 Å². The Hall–Kier alpha value is -1.66. The Morgan fingerprint density at radius 2 is 0.580 bits per heavy atom. The number of rotatable bonds is 70. The average Bonchev–Trinajstić information content (AvgIpc) is 3.47. The number of carbonyl (C=O) groups excluding carboxylic acids is 2. The van der Waals surface area contributed by atoms with Gasteiger partial charge in [-0.25, -0.2) is 0 Å². The zero-order chi connectivity index (χ0) is 58.5. The zero-order valence-corrected chi connectivity index (χ0v) is 55.0. The maximum Gasteiger partial charge on any atom is 0.305 e. The van der Waals surface area contributed by atoms with Gasteiger partial charge in [0.15, 0.2) is 0 Å². The Morgan fingerprint density at radius 3 is 0.877 bits per heavy atom. The van der Waals surface area contributed by atoms with E-state index in [2.05, 4.69) is 31.3 Å². The molecule has 6 heteroatoms. The number of ether oxygens (including phenoxy) is 1. The van der Waals surface area contributed by atoms with Gasteiger partial charge in [0.1, 0.15) is 0 Å². The number of aliphatic hydroxyl groups is 2. The summed E-state index contributed by atoms with van der Waals surface area (Å²) in [7, 11) is 0. The van der Waals surface area contributed by atoms with Gasteiger partial charge in [0.25, 0.3) is 0 Å². The third-order valence-corrected chi connectivity index (χ3v) is 17.5. The number of hydrogen-bond donors (Lipinski definition) is 3. The Labute approximate surface area is 507 Å². The summed E-state index contributed by atoms with van der Waals surface area (Å²) in [4.78, 5) is 24.6. The number of aliphatic hydroxyl groups excluding tert-OH is 2. The van der Waals surface area contributed by atoms with Gasteiger partial charge in [0, 0.05) is 12.8 Å². The van der Waals surface area contributed by atoms with Crippen LogP contribution in [0.5, 0.6) is 0 Å². The largest absolute Gasteiger partial charge is 0.466 e. The lowest BCUT2D eigenvalue weighted by Crippen LogP contribution is -2.45. The Bertz CT molecular complexity index is 1270. The molecule has 0 spiro atoms. The van der Waals surface area contributed by atoms with Crippen LogP contribution in [0, 0.1) is 0 Å². The molecule has 0 fully saturated rings. The first kappa shape index (κ1) is 79.3. The van der Waals surface area contributed by atoms with Crippen LogP contribution in [0.15, 0.2) is 24.3 Å². The van der Waals surface area contributed by atoms with Crippen LogP contribution in [-0.2, 0) is 14.3 Å². The van der Waals surface area contributed by atoms with Crippen molar-refractivity contribution in [3.05, 3.63) is 24.3 Å². The Morgan fingerprint density at radius 1 is 0.333 bits per heavy atom. The molecule has 0 aromatic rings. The first-order valence-electron chi connectivity index (χ1n) is 37.1. The average molecular weight is 1140 g/mol. The first-order valence-corrected chi connectivity index (χ1v) is 37.1. The van der Waals surface area contributed by atoms with Crippen molar-refractivity contribution >= 4 is 11.9 Å². The molecule has 6 nitrogen and oxygen atoms in total. The fraction of sp³-hybridized carbons (Fsp3) is 0.920. The number of unbranched alkanes of at least 4 members (excludes halogenated alkanes) is 57. The van der Waals surface area contributed by atoms with E-state index in [1.165, 1.54) is 347 Å². The highest BCUT2D eigenvalue weighted by Crippen LogP contribution is 2.19. The molecule has 0 radical (unpaired) electrons. The van der Waals surface area contributed by atoms with Gasteiger partial charge >= 0.3 is 5.97 Å². The Kier molecular flexibility index (Phi) is 69.4. The van der Waals surface area contributed by atoms with Crippen molar-refractivity contribution in [2.75, 3.05) is 13.2 Å². The van der Waals surface area contributed by atoms with Crippen molar-refractivity contribution in [2.45, 2.75) is 431 Å². The normalized spacial score (nSPS) is 12.6.